The summed E-state index contributed by atoms with van der Waals surface area (Å²) in [5, 5.41) is 2.98. The number of fused-ring (bicyclic) bond motifs is 5. The number of carbonyl (C=O) groups excluding carboxylic acids is 3. The van der Waals surface area contributed by atoms with Gasteiger partial charge in [0, 0.05) is 17.9 Å². The Hall–Kier alpha value is -3.43. The molecule has 1 saturated heterocycles. The molecule has 232 valence electrons. The molecule has 2 saturated carbocycles. The number of rotatable bonds is 3. The summed E-state index contributed by atoms with van der Waals surface area (Å²) in [6.45, 7) is 6.19. The molecule has 4 aliphatic rings. The fourth-order valence-electron chi connectivity index (χ4n) is 7.50. The standard InChI is InChI=1S/C33H44N4O6/c1-20-26(19-38)37-18-27(20)42-29-24(34-23-13-12-22(41-4)16-25(23)35-29)11-7-5-6-10-21-17-33(21,3)43-31(40)36-28(30(37)39)32(2)14-8-9-15-32/h12-13,16,19-21,26-28H,5-11,14-15,17-18H2,1-4H3,(H,36,40)/t20-,21+,26+,27-,28+,33+/m0/s1. The summed E-state index contributed by atoms with van der Waals surface area (Å²) < 4.78 is 17.9. The number of alkyl carbamates (subject to hydrolysis) is 1. The Labute approximate surface area is 253 Å². The Morgan fingerprint density at radius 1 is 1.07 bits per heavy atom. The van der Waals surface area contributed by atoms with E-state index in [4.69, 9.17) is 24.2 Å². The first kappa shape index (κ1) is 29.6. The quantitative estimate of drug-likeness (QED) is 0.495. The van der Waals surface area contributed by atoms with Gasteiger partial charge in [-0.2, -0.15) is 0 Å². The number of nitrogens with zero attached hydrogens (tertiary/aromatic N) is 3. The van der Waals surface area contributed by atoms with Crippen molar-refractivity contribution >= 4 is 29.3 Å². The van der Waals surface area contributed by atoms with Gasteiger partial charge in [-0.1, -0.05) is 39.5 Å². The van der Waals surface area contributed by atoms with E-state index in [1.165, 1.54) is 0 Å². The van der Waals surface area contributed by atoms with Crippen LogP contribution in [0.2, 0.25) is 0 Å². The number of hydrogen-bond donors (Lipinski definition) is 1. The molecular formula is C33H44N4O6. The van der Waals surface area contributed by atoms with Gasteiger partial charge in [-0.05, 0) is 63.0 Å². The van der Waals surface area contributed by atoms with Crippen LogP contribution in [-0.4, -0.2) is 70.6 Å². The average Bonchev–Trinajstić information content (AvgIpc) is 3.26. The molecule has 2 aliphatic heterocycles. The first-order valence-corrected chi connectivity index (χ1v) is 15.9. The van der Waals surface area contributed by atoms with Crippen LogP contribution < -0.4 is 14.8 Å². The molecule has 0 unspecified atom stereocenters. The molecule has 6 rings (SSSR count). The fourth-order valence-corrected chi connectivity index (χ4v) is 7.50. The summed E-state index contributed by atoms with van der Waals surface area (Å²) in [7, 11) is 1.61. The van der Waals surface area contributed by atoms with Crippen molar-refractivity contribution in [2.24, 2.45) is 17.3 Å². The SMILES string of the molecule is COc1ccc2nc3c(nc2c1)O[C@H]1CN(C(=O)[C@H](C2(C)CCCC2)NC(=O)O[C@]2(C)C[C@H]2CCCCC3)[C@H](C=O)[C@@H]1C. The predicted octanol–water partition coefficient (Wildman–Crippen LogP) is 5.00. The second-order valence-corrected chi connectivity index (χ2v) is 13.6. The lowest BCUT2D eigenvalue weighted by molar-refractivity contribution is -0.140. The van der Waals surface area contributed by atoms with Crippen molar-refractivity contribution in [3.63, 3.8) is 0 Å². The van der Waals surface area contributed by atoms with Crippen LogP contribution in [0.25, 0.3) is 11.0 Å². The van der Waals surface area contributed by atoms with Gasteiger partial charge in [0.1, 0.15) is 35.5 Å². The number of amides is 2. The molecule has 10 heteroatoms. The molecule has 0 spiro atoms. The van der Waals surface area contributed by atoms with Crippen molar-refractivity contribution < 1.29 is 28.6 Å². The molecule has 10 nitrogen and oxygen atoms in total. The van der Waals surface area contributed by atoms with Crippen LogP contribution in [0.5, 0.6) is 11.6 Å². The maximum absolute atomic E-state index is 14.3. The molecule has 1 N–H and O–H groups in total. The Morgan fingerprint density at radius 2 is 1.86 bits per heavy atom. The minimum atomic E-state index is -0.793. The lowest BCUT2D eigenvalue weighted by atomic mass is 9.79. The minimum absolute atomic E-state index is 0.212. The second-order valence-electron chi connectivity index (χ2n) is 13.6. The van der Waals surface area contributed by atoms with Crippen LogP contribution in [0.3, 0.4) is 0 Å². The summed E-state index contributed by atoms with van der Waals surface area (Å²) in [4.78, 5) is 51.4. The monoisotopic (exact) mass is 592 g/mol. The summed E-state index contributed by atoms with van der Waals surface area (Å²) in [5.41, 5.74) is 1.27. The summed E-state index contributed by atoms with van der Waals surface area (Å²) in [6, 6.07) is 4.13. The van der Waals surface area contributed by atoms with Crippen molar-refractivity contribution in [3.05, 3.63) is 23.9 Å². The zero-order valence-corrected chi connectivity index (χ0v) is 25.8. The lowest BCUT2D eigenvalue weighted by Gasteiger charge is -2.37. The highest BCUT2D eigenvalue weighted by Gasteiger charge is 2.55. The highest BCUT2D eigenvalue weighted by atomic mass is 16.6. The minimum Gasteiger partial charge on any atom is -0.497 e. The van der Waals surface area contributed by atoms with E-state index in [1.807, 2.05) is 32.0 Å². The second kappa shape index (κ2) is 11.6. The first-order valence-electron chi connectivity index (χ1n) is 15.9. The molecule has 1 aromatic carbocycles. The summed E-state index contributed by atoms with van der Waals surface area (Å²) in [5.74, 6) is 0.883. The van der Waals surface area contributed by atoms with Crippen LogP contribution in [-0.2, 0) is 20.7 Å². The van der Waals surface area contributed by atoms with Gasteiger partial charge in [0.25, 0.3) is 0 Å². The zero-order chi connectivity index (χ0) is 30.4. The van der Waals surface area contributed by atoms with E-state index in [2.05, 4.69) is 12.2 Å². The molecule has 2 aliphatic carbocycles. The van der Waals surface area contributed by atoms with Gasteiger partial charge in [-0.25, -0.2) is 14.8 Å². The number of aldehydes is 1. The Balaban J connectivity index is 1.35. The lowest BCUT2D eigenvalue weighted by Crippen LogP contribution is -2.57. The third-order valence-electron chi connectivity index (χ3n) is 10.6. The maximum atomic E-state index is 14.3. The van der Waals surface area contributed by atoms with Gasteiger partial charge < -0.3 is 29.2 Å². The number of benzene rings is 1. The molecule has 43 heavy (non-hydrogen) atoms. The number of carbonyl (C=O) groups is 3. The molecule has 3 heterocycles. The van der Waals surface area contributed by atoms with Gasteiger partial charge in [-0.15, -0.1) is 0 Å². The molecule has 1 aromatic heterocycles. The van der Waals surface area contributed by atoms with Gasteiger partial charge >= 0.3 is 6.09 Å². The Bertz CT molecular complexity index is 1390. The third kappa shape index (κ3) is 5.77. The zero-order valence-electron chi connectivity index (χ0n) is 25.8. The number of ether oxygens (including phenoxy) is 3. The van der Waals surface area contributed by atoms with Crippen LogP contribution in [0.15, 0.2) is 18.2 Å². The van der Waals surface area contributed by atoms with Gasteiger partial charge in [0.15, 0.2) is 0 Å². The number of methoxy groups -OCH3 is 1. The van der Waals surface area contributed by atoms with E-state index < -0.39 is 35.3 Å². The topological polar surface area (TPSA) is 120 Å². The average molecular weight is 593 g/mol. The van der Waals surface area contributed by atoms with Crippen LogP contribution >= 0.6 is 0 Å². The number of nitrogens with one attached hydrogen (secondary N) is 1. The summed E-state index contributed by atoms with van der Waals surface area (Å²) in [6.07, 6.45) is 8.88. The van der Waals surface area contributed by atoms with E-state index in [1.54, 1.807) is 12.0 Å². The Morgan fingerprint density at radius 3 is 2.60 bits per heavy atom. The Kier molecular flexibility index (Phi) is 7.98. The smallest absolute Gasteiger partial charge is 0.408 e. The predicted molar refractivity (Wildman–Crippen MR) is 160 cm³/mol. The normalized spacial score (nSPS) is 32.8. The number of hydrogen-bond acceptors (Lipinski definition) is 8. The third-order valence-corrected chi connectivity index (χ3v) is 10.6. The number of aromatic nitrogens is 2. The van der Waals surface area contributed by atoms with Crippen molar-refractivity contribution in [2.45, 2.75) is 109 Å². The van der Waals surface area contributed by atoms with Crippen molar-refractivity contribution in [2.75, 3.05) is 13.7 Å². The fraction of sp³-hybridized carbons (Fsp3) is 0.667. The van der Waals surface area contributed by atoms with E-state index in [-0.39, 0.29) is 18.4 Å². The van der Waals surface area contributed by atoms with E-state index in [0.29, 0.717) is 29.5 Å². The van der Waals surface area contributed by atoms with Crippen LogP contribution in [0, 0.1) is 17.3 Å². The largest absolute Gasteiger partial charge is 0.497 e. The molecule has 2 aromatic rings. The van der Waals surface area contributed by atoms with Gasteiger partial charge in [0.05, 0.1) is 30.7 Å². The molecular weight excluding hydrogens is 548 g/mol. The van der Waals surface area contributed by atoms with Crippen molar-refractivity contribution in [1.82, 2.24) is 20.2 Å². The van der Waals surface area contributed by atoms with Crippen molar-refractivity contribution in [1.29, 1.82) is 0 Å². The van der Waals surface area contributed by atoms with E-state index in [9.17, 15) is 14.4 Å². The van der Waals surface area contributed by atoms with Crippen LogP contribution in [0.1, 0.15) is 84.3 Å². The summed E-state index contributed by atoms with van der Waals surface area (Å²) >= 11 is 0. The molecule has 0 radical (unpaired) electrons. The van der Waals surface area contributed by atoms with Gasteiger partial charge in [0.2, 0.25) is 11.8 Å². The molecule has 3 fully saturated rings. The van der Waals surface area contributed by atoms with Crippen LogP contribution in [0.4, 0.5) is 4.79 Å². The van der Waals surface area contributed by atoms with Crippen molar-refractivity contribution in [3.8, 4) is 11.6 Å². The molecule has 6 atom stereocenters. The van der Waals surface area contributed by atoms with Gasteiger partial charge in [-0.3, -0.25) is 4.79 Å². The maximum Gasteiger partial charge on any atom is 0.408 e. The molecule has 2 bridgehead atoms. The highest BCUT2D eigenvalue weighted by Crippen LogP contribution is 2.50. The number of aryl methyl sites for hydroxylation is 1. The molecule has 2 amide bonds. The first-order chi connectivity index (χ1) is 20.6. The van der Waals surface area contributed by atoms with E-state index >= 15 is 0 Å². The van der Waals surface area contributed by atoms with E-state index in [0.717, 1.165) is 75.3 Å². The highest BCUT2D eigenvalue weighted by molar-refractivity contribution is 5.89.